The first kappa shape index (κ1) is 26.8. The third kappa shape index (κ3) is 5.54. The van der Waals surface area contributed by atoms with Gasteiger partial charge in [0.05, 0.1) is 17.4 Å². The third-order valence-electron chi connectivity index (χ3n) is 9.02. The number of hydrogen-bond acceptors (Lipinski definition) is 6. The predicted octanol–water partition coefficient (Wildman–Crippen LogP) is 5.59. The van der Waals surface area contributed by atoms with E-state index in [1.165, 1.54) is 28.8 Å². The highest BCUT2D eigenvalue weighted by Gasteiger charge is 2.27. The minimum absolute atomic E-state index is 0.334. The fourth-order valence-corrected chi connectivity index (χ4v) is 6.81. The Kier molecular flexibility index (Phi) is 7.68. The molecule has 5 aromatic rings. The summed E-state index contributed by atoms with van der Waals surface area (Å²) in [5, 5.41) is 0. The maximum absolute atomic E-state index is 5.00. The number of rotatable bonds is 8. The average Bonchev–Trinajstić information content (AvgIpc) is 3.47. The lowest BCUT2D eigenvalue weighted by Gasteiger charge is -2.37. The van der Waals surface area contributed by atoms with Crippen LogP contribution in [0.1, 0.15) is 52.9 Å². The van der Waals surface area contributed by atoms with Crippen molar-refractivity contribution in [2.45, 2.75) is 37.8 Å². The van der Waals surface area contributed by atoms with Crippen LogP contribution in [0.2, 0.25) is 0 Å². The van der Waals surface area contributed by atoms with Gasteiger partial charge in [0.1, 0.15) is 5.65 Å². The molecule has 214 valence electrons. The number of pyridine rings is 1. The fourth-order valence-electron chi connectivity index (χ4n) is 6.81. The van der Waals surface area contributed by atoms with Crippen molar-refractivity contribution in [1.29, 1.82) is 0 Å². The van der Waals surface area contributed by atoms with E-state index in [9.17, 15) is 0 Å². The Balaban J connectivity index is 1.04. The first-order valence-corrected chi connectivity index (χ1v) is 15.3. The highest BCUT2D eigenvalue weighted by Crippen LogP contribution is 2.33. The molecular weight excluding hydrogens is 518 g/mol. The number of benzene rings is 2. The summed E-state index contributed by atoms with van der Waals surface area (Å²) in [6.45, 7) is 5.70. The zero-order chi connectivity index (χ0) is 28.3. The minimum atomic E-state index is 0.334. The van der Waals surface area contributed by atoms with Gasteiger partial charge in [-0.05, 0) is 55.1 Å². The molecular formula is C35H39N7. The molecule has 0 spiro atoms. The van der Waals surface area contributed by atoms with Gasteiger partial charge in [-0.1, -0.05) is 66.7 Å². The van der Waals surface area contributed by atoms with Crippen molar-refractivity contribution in [2.75, 3.05) is 44.7 Å². The lowest BCUT2D eigenvalue weighted by atomic mass is 9.90. The number of nitrogens with zero attached hydrogens (tertiary/aromatic N) is 7. The van der Waals surface area contributed by atoms with E-state index in [4.69, 9.17) is 15.0 Å². The Hall–Kier alpha value is -4.07. The van der Waals surface area contributed by atoms with Crippen LogP contribution in [0.15, 0.2) is 97.5 Å². The summed E-state index contributed by atoms with van der Waals surface area (Å²) in [6.07, 6.45) is 9.49. The first-order valence-electron chi connectivity index (χ1n) is 15.3. The summed E-state index contributed by atoms with van der Waals surface area (Å²) in [5.74, 6) is 1.35. The molecule has 7 nitrogen and oxygen atoms in total. The number of imidazole rings is 1. The van der Waals surface area contributed by atoms with E-state index in [1.54, 1.807) is 0 Å². The first-order chi connectivity index (χ1) is 20.7. The smallest absolute Gasteiger partial charge is 0.211 e. The number of hydrogen-bond donors (Lipinski definition) is 0. The second-order valence-electron chi connectivity index (χ2n) is 11.7. The Labute approximate surface area is 248 Å². The molecule has 7 rings (SSSR count). The van der Waals surface area contributed by atoms with Crippen LogP contribution in [0.25, 0.3) is 5.65 Å². The largest absolute Gasteiger partial charge is 0.339 e. The van der Waals surface area contributed by atoms with Crippen molar-refractivity contribution >= 4 is 11.6 Å². The van der Waals surface area contributed by atoms with Crippen LogP contribution in [0.4, 0.5) is 5.95 Å². The van der Waals surface area contributed by atoms with Crippen molar-refractivity contribution in [3.63, 3.8) is 0 Å². The van der Waals surface area contributed by atoms with Gasteiger partial charge in [0.25, 0.3) is 0 Å². The van der Waals surface area contributed by atoms with Crippen LogP contribution in [-0.2, 0) is 13.0 Å². The lowest BCUT2D eigenvalue weighted by molar-refractivity contribution is 0.206. The van der Waals surface area contributed by atoms with Gasteiger partial charge in [-0.2, -0.15) is 0 Å². The van der Waals surface area contributed by atoms with Gasteiger partial charge < -0.3 is 4.90 Å². The number of aromatic nitrogens is 4. The summed E-state index contributed by atoms with van der Waals surface area (Å²) in [4.78, 5) is 22.0. The van der Waals surface area contributed by atoms with Crippen LogP contribution >= 0.6 is 0 Å². The van der Waals surface area contributed by atoms with Crippen molar-refractivity contribution in [1.82, 2.24) is 29.2 Å². The molecule has 2 aromatic carbocycles. The van der Waals surface area contributed by atoms with Crippen LogP contribution in [0.5, 0.6) is 0 Å². The van der Waals surface area contributed by atoms with E-state index >= 15 is 0 Å². The molecule has 0 saturated carbocycles. The lowest BCUT2D eigenvalue weighted by Crippen LogP contribution is -2.48. The molecule has 0 N–H and O–H groups in total. The molecule has 0 bridgehead atoms. The molecule has 2 aliphatic rings. The van der Waals surface area contributed by atoms with Gasteiger partial charge in [-0.15, -0.1) is 0 Å². The Morgan fingerprint density at radius 2 is 1.57 bits per heavy atom. The van der Waals surface area contributed by atoms with E-state index in [0.29, 0.717) is 12.0 Å². The quantitative estimate of drug-likeness (QED) is 0.248. The SMILES string of the molecule is CN(Cc1cn2c(N3CCN(CC(c4ccccc4)c4ccccc4)CC3)nccc2n1)[C@H]1CCCc2cccnc21. The Morgan fingerprint density at radius 1 is 0.833 bits per heavy atom. The van der Waals surface area contributed by atoms with Gasteiger partial charge in [0.2, 0.25) is 5.95 Å². The van der Waals surface area contributed by atoms with Crippen LogP contribution in [-0.4, -0.2) is 68.9 Å². The number of aryl methyl sites for hydroxylation is 1. The summed E-state index contributed by atoms with van der Waals surface area (Å²) in [7, 11) is 2.20. The molecule has 3 aromatic heterocycles. The maximum Gasteiger partial charge on any atom is 0.211 e. The molecule has 0 amide bonds. The van der Waals surface area contributed by atoms with Gasteiger partial charge >= 0.3 is 0 Å². The molecule has 1 saturated heterocycles. The van der Waals surface area contributed by atoms with Crippen LogP contribution in [0, 0.1) is 0 Å². The molecule has 1 atom stereocenters. The fraction of sp³-hybridized carbons (Fsp3) is 0.343. The van der Waals surface area contributed by atoms with Gasteiger partial charge in [0.15, 0.2) is 0 Å². The van der Waals surface area contributed by atoms with E-state index in [1.807, 2.05) is 18.5 Å². The average molecular weight is 558 g/mol. The highest BCUT2D eigenvalue weighted by molar-refractivity contribution is 5.48. The monoisotopic (exact) mass is 557 g/mol. The predicted molar refractivity (Wildman–Crippen MR) is 168 cm³/mol. The number of fused-ring (bicyclic) bond motifs is 2. The molecule has 42 heavy (non-hydrogen) atoms. The highest BCUT2D eigenvalue weighted by atomic mass is 15.3. The third-order valence-corrected chi connectivity index (χ3v) is 9.02. The summed E-state index contributed by atoms with van der Waals surface area (Å²) in [6, 6.07) is 28.5. The topological polar surface area (TPSA) is 52.8 Å². The zero-order valence-corrected chi connectivity index (χ0v) is 24.4. The van der Waals surface area contributed by atoms with E-state index in [2.05, 4.69) is 105 Å². The van der Waals surface area contributed by atoms with Gasteiger partial charge in [0, 0.05) is 63.8 Å². The normalized spacial score (nSPS) is 17.7. The molecule has 1 aliphatic heterocycles. The van der Waals surface area contributed by atoms with Gasteiger partial charge in [-0.3, -0.25) is 19.2 Å². The molecule has 0 radical (unpaired) electrons. The van der Waals surface area contributed by atoms with Gasteiger partial charge in [-0.25, -0.2) is 9.97 Å². The zero-order valence-electron chi connectivity index (χ0n) is 24.4. The second kappa shape index (κ2) is 12.0. The van der Waals surface area contributed by atoms with Crippen molar-refractivity contribution in [3.05, 3.63) is 126 Å². The van der Waals surface area contributed by atoms with Crippen LogP contribution < -0.4 is 4.90 Å². The van der Waals surface area contributed by atoms with Crippen molar-refractivity contribution < 1.29 is 0 Å². The standard InChI is InChI=1S/C35H39N7/c1-39(32-16-8-14-29-15-9-18-36-34(29)32)24-30-25-42-33(38-30)17-19-37-35(42)41-22-20-40(21-23-41)26-31(27-10-4-2-5-11-27)28-12-6-3-7-13-28/h2-7,9-13,15,17-19,25,31-32H,8,14,16,20-24,26H2,1H3/t32-/m0/s1. The number of piperazine rings is 1. The number of anilines is 1. The summed E-state index contributed by atoms with van der Waals surface area (Å²) >= 11 is 0. The van der Waals surface area contributed by atoms with E-state index in [0.717, 1.165) is 69.4 Å². The maximum atomic E-state index is 5.00. The molecule has 0 unspecified atom stereocenters. The minimum Gasteiger partial charge on any atom is -0.339 e. The summed E-state index contributed by atoms with van der Waals surface area (Å²) in [5.41, 5.74) is 7.40. The molecule has 7 heteroatoms. The molecule has 4 heterocycles. The summed E-state index contributed by atoms with van der Waals surface area (Å²) < 4.78 is 2.18. The van der Waals surface area contributed by atoms with Crippen molar-refractivity contribution in [3.8, 4) is 0 Å². The van der Waals surface area contributed by atoms with Crippen molar-refractivity contribution in [2.24, 2.45) is 0 Å². The van der Waals surface area contributed by atoms with E-state index in [-0.39, 0.29) is 0 Å². The van der Waals surface area contributed by atoms with E-state index < -0.39 is 0 Å². The van der Waals surface area contributed by atoms with Crippen LogP contribution in [0.3, 0.4) is 0 Å². The second-order valence-corrected chi connectivity index (χ2v) is 11.7. The molecule has 1 fully saturated rings. The Morgan fingerprint density at radius 3 is 2.31 bits per heavy atom. The molecule has 1 aliphatic carbocycles. The Bertz CT molecular complexity index is 1570.